The first kappa shape index (κ1) is 30.8. The molecular formula is C28H32F4N2O6. The van der Waals surface area contributed by atoms with Crippen molar-refractivity contribution in [2.75, 3.05) is 28.4 Å². The summed E-state index contributed by atoms with van der Waals surface area (Å²) in [6.45, 7) is 0. The van der Waals surface area contributed by atoms with Gasteiger partial charge in [0.05, 0.1) is 28.4 Å². The van der Waals surface area contributed by atoms with Crippen molar-refractivity contribution in [3.05, 3.63) is 53.1 Å². The van der Waals surface area contributed by atoms with E-state index in [9.17, 15) is 27.2 Å². The number of methoxy groups -OCH3 is 4. The van der Waals surface area contributed by atoms with Crippen LogP contribution in [0.4, 0.5) is 17.6 Å². The molecule has 12 heteroatoms. The van der Waals surface area contributed by atoms with Crippen LogP contribution < -0.4 is 9.47 Å². The van der Waals surface area contributed by atoms with Gasteiger partial charge in [0.2, 0.25) is 5.92 Å². The van der Waals surface area contributed by atoms with E-state index < -0.39 is 23.8 Å². The summed E-state index contributed by atoms with van der Waals surface area (Å²) >= 11 is 0. The van der Waals surface area contributed by atoms with E-state index in [4.69, 9.17) is 9.47 Å². The lowest BCUT2D eigenvalue weighted by molar-refractivity contribution is -0.0383. The Morgan fingerprint density at radius 2 is 1.35 bits per heavy atom. The average Bonchev–Trinajstić information content (AvgIpc) is 2.96. The van der Waals surface area contributed by atoms with Crippen LogP contribution in [-0.4, -0.2) is 62.2 Å². The Hall–Kier alpha value is -3.70. The number of ether oxygens (including phenoxy) is 4. The molecule has 1 fully saturated rings. The van der Waals surface area contributed by atoms with Crippen LogP contribution in [0, 0.1) is 0 Å². The number of aromatic nitrogens is 2. The summed E-state index contributed by atoms with van der Waals surface area (Å²) in [4.78, 5) is 30.8. The molecule has 0 bridgehead atoms. The first-order valence-electron chi connectivity index (χ1n) is 12.6. The quantitative estimate of drug-likeness (QED) is 0.298. The van der Waals surface area contributed by atoms with Crippen molar-refractivity contribution in [1.29, 1.82) is 0 Å². The summed E-state index contributed by atoms with van der Waals surface area (Å²) in [5, 5.41) is 0. The summed E-state index contributed by atoms with van der Waals surface area (Å²) in [6.07, 6.45) is 4.79. The molecule has 8 nitrogen and oxygen atoms in total. The minimum absolute atomic E-state index is 0.0104. The molecule has 0 amide bonds. The second kappa shape index (κ2) is 13.1. The van der Waals surface area contributed by atoms with Crippen LogP contribution in [0.25, 0.3) is 5.57 Å². The molecule has 2 aliphatic rings. The maximum absolute atomic E-state index is 13.2. The highest BCUT2D eigenvalue weighted by atomic mass is 19.3. The third-order valence-corrected chi connectivity index (χ3v) is 6.90. The Bertz CT molecular complexity index is 1240. The van der Waals surface area contributed by atoms with E-state index in [1.807, 2.05) is 0 Å². The Kier molecular flexibility index (Phi) is 10.1. The standard InChI is InChI=1S/C14H17F2NO3.C14H15F2NO3/c2*1-19-12-7-11(13(18)20-2)17-8-10(12)9-3-5-14(15,16)6-4-9/h7-9H,3-6H2,1-2H3;3,7-8H,4-6H2,1-2H3. The van der Waals surface area contributed by atoms with Gasteiger partial charge in [-0.3, -0.25) is 0 Å². The molecule has 0 unspecified atom stereocenters. The monoisotopic (exact) mass is 568 g/mol. The second-order valence-electron chi connectivity index (χ2n) is 9.48. The first-order chi connectivity index (χ1) is 18.9. The lowest BCUT2D eigenvalue weighted by Gasteiger charge is -2.29. The van der Waals surface area contributed by atoms with Gasteiger partial charge in [0.15, 0.2) is 11.4 Å². The van der Waals surface area contributed by atoms with Gasteiger partial charge in [0.25, 0.3) is 5.92 Å². The number of pyridine rings is 2. The SMILES string of the molecule is COC(=O)c1cc(OC)c(C2=CCC(F)(F)CC2)cn1.COC(=O)c1cc(OC)c(C2CCC(F)(F)CC2)cn1. The van der Waals surface area contributed by atoms with Crippen molar-refractivity contribution in [3.63, 3.8) is 0 Å². The lowest BCUT2D eigenvalue weighted by atomic mass is 9.82. The third-order valence-electron chi connectivity index (χ3n) is 6.90. The van der Waals surface area contributed by atoms with Gasteiger partial charge >= 0.3 is 11.9 Å². The molecule has 1 saturated carbocycles. The average molecular weight is 569 g/mol. The zero-order chi connectivity index (χ0) is 29.5. The Morgan fingerprint density at radius 1 is 0.800 bits per heavy atom. The van der Waals surface area contributed by atoms with Crippen molar-refractivity contribution in [3.8, 4) is 11.5 Å². The van der Waals surface area contributed by atoms with Crippen LogP contribution in [0.2, 0.25) is 0 Å². The molecule has 0 N–H and O–H groups in total. The molecule has 2 aromatic heterocycles. The Balaban J connectivity index is 0.000000220. The summed E-state index contributed by atoms with van der Waals surface area (Å²) in [7, 11) is 5.47. The number of carbonyl (C=O) groups is 2. The molecule has 0 spiro atoms. The van der Waals surface area contributed by atoms with Gasteiger partial charge < -0.3 is 18.9 Å². The van der Waals surface area contributed by atoms with E-state index in [1.165, 1.54) is 59.0 Å². The second-order valence-corrected chi connectivity index (χ2v) is 9.48. The molecule has 0 aromatic carbocycles. The summed E-state index contributed by atoms with van der Waals surface area (Å²) in [5.74, 6) is -5.42. The lowest BCUT2D eigenvalue weighted by Crippen LogP contribution is -2.24. The number of hydrogen-bond donors (Lipinski definition) is 0. The molecule has 0 aliphatic heterocycles. The smallest absolute Gasteiger partial charge is 0.356 e. The minimum atomic E-state index is -2.64. The number of allylic oxidation sites excluding steroid dienone is 2. The van der Waals surface area contributed by atoms with E-state index in [1.54, 1.807) is 0 Å². The number of halogens is 4. The molecular weight excluding hydrogens is 536 g/mol. The van der Waals surface area contributed by atoms with E-state index in [2.05, 4.69) is 19.4 Å². The molecule has 2 heterocycles. The van der Waals surface area contributed by atoms with Crippen LogP contribution in [0.1, 0.15) is 83.0 Å². The van der Waals surface area contributed by atoms with E-state index >= 15 is 0 Å². The topological polar surface area (TPSA) is 96.8 Å². The van der Waals surface area contributed by atoms with Crippen LogP contribution >= 0.6 is 0 Å². The van der Waals surface area contributed by atoms with Crippen LogP contribution in [0.15, 0.2) is 30.6 Å². The fraction of sp³-hybridized carbons (Fsp3) is 0.500. The van der Waals surface area contributed by atoms with Gasteiger partial charge in [-0.05, 0) is 30.8 Å². The van der Waals surface area contributed by atoms with Crippen molar-refractivity contribution in [2.45, 2.75) is 62.7 Å². The number of alkyl halides is 4. The summed E-state index contributed by atoms with van der Waals surface area (Å²) in [6, 6.07) is 2.95. The van der Waals surface area contributed by atoms with Crippen LogP contribution in [0.5, 0.6) is 11.5 Å². The number of carbonyl (C=O) groups excluding carboxylic acids is 2. The molecule has 0 atom stereocenters. The Morgan fingerprint density at radius 3 is 1.85 bits per heavy atom. The molecule has 40 heavy (non-hydrogen) atoms. The van der Waals surface area contributed by atoms with Crippen LogP contribution in [0.3, 0.4) is 0 Å². The van der Waals surface area contributed by atoms with Gasteiger partial charge in [-0.2, -0.15) is 0 Å². The Labute approximate surface area is 229 Å². The highest BCUT2D eigenvalue weighted by Crippen LogP contribution is 2.43. The van der Waals surface area contributed by atoms with E-state index in [0.29, 0.717) is 29.9 Å². The third kappa shape index (κ3) is 7.70. The predicted molar refractivity (Wildman–Crippen MR) is 137 cm³/mol. The summed E-state index contributed by atoms with van der Waals surface area (Å²) in [5.41, 5.74) is 2.44. The van der Waals surface area contributed by atoms with Crippen LogP contribution in [-0.2, 0) is 9.47 Å². The molecule has 0 radical (unpaired) electrons. The first-order valence-corrected chi connectivity index (χ1v) is 12.6. The highest BCUT2D eigenvalue weighted by Gasteiger charge is 2.36. The fourth-order valence-corrected chi connectivity index (χ4v) is 4.60. The van der Waals surface area contributed by atoms with Crippen molar-refractivity contribution >= 4 is 17.5 Å². The number of hydrogen-bond acceptors (Lipinski definition) is 8. The molecule has 2 aromatic rings. The van der Waals surface area contributed by atoms with E-state index in [0.717, 1.165) is 11.1 Å². The number of nitrogens with zero attached hydrogens (tertiary/aromatic N) is 2. The van der Waals surface area contributed by atoms with Gasteiger partial charge in [-0.1, -0.05) is 6.08 Å². The minimum Gasteiger partial charge on any atom is -0.496 e. The van der Waals surface area contributed by atoms with Crippen molar-refractivity contribution < 1.29 is 46.1 Å². The van der Waals surface area contributed by atoms with Gasteiger partial charge in [0.1, 0.15) is 11.5 Å². The normalized spacial score (nSPS) is 17.9. The van der Waals surface area contributed by atoms with Gasteiger partial charge in [-0.25, -0.2) is 37.1 Å². The number of rotatable bonds is 6. The fourth-order valence-electron chi connectivity index (χ4n) is 4.60. The number of esters is 2. The zero-order valence-corrected chi connectivity index (χ0v) is 22.8. The largest absolute Gasteiger partial charge is 0.496 e. The highest BCUT2D eigenvalue weighted by molar-refractivity contribution is 5.88. The predicted octanol–water partition coefficient (Wildman–Crippen LogP) is 6.25. The van der Waals surface area contributed by atoms with Gasteiger partial charge in [-0.15, -0.1) is 0 Å². The van der Waals surface area contributed by atoms with E-state index in [-0.39, 0.29) is 49.4 Å². The molecule has 0 saturated heterocycles. The maximum Gasteiger partial charge on any atom is 0.356 e. The molecule has 4 rings (SSSR count). The molecule has 2 aliphatic carbocycles. The van der Waals surface area contributed by atoms with Gasteiger partial charge in [0, 0.05) is 61.3 Å². The zero-order valence-electron chi connectivity index (χ0n) is 22.8. The maximum atomic E-state index is 13.2. The molecule has 218 valence electrons. The summed E-state index contributed by atoms with van der Waals surface area (Å²) < 4.78 is 72.3. The van der Waals surface area contributed by atoms with Crippen molar-refractivity contribution in [1.82, 2.24) is 9.97 Å². The van der Waals surface area contributed by atoms with Crippen molar-refractivity contribution in [2.24, 2.45) is 0 Å².